The molecule has 4 aliphatic rings. The molecule has 2 nitrogen and oxygen atoms in total. The number of benzene rings is 9. The van der Waals surface area contributed by atoms with E-state index in [1.807, 2.05) is 0 Å². The monoisotopic (exact) mass is 898 g/mol. The van der Waals surface area contributed by atoms with Gasteiger partial charge in [0.1, 0.15) is 0 Å². The second-order valence-corrected chi connectivity index (χ2v) is 19.5. The number of anilines is 5. The molecule has 0 aliphatic heterocycles. The number of allylic oxidation sites excluding steroid dienone is 6. The Balaban J connectivity index is 0.899. The first-order valence-corrected chi connectivity index (χ1v) is 25.2. The highest BCUT2D eigenvalue weighted by Gasteiger charge is 2.46. The zero-order chi connectivity index (χ0) is 46.6. The summed E-state index contributed by atoms with van der Waals surface area (Å²) in [5, 5.41) is 6.44. The van der Waals surface area contributed by atoms with Gasteiger partial charge in [-0.25, -0.2) is 0 Å². The molecule has 0 radical (unpaired) electrons. The minimum Gasteiger partial charge on any atom is -0.355 e. The summed E-state index contributed by atoms with van der Waals surface area (Å²) in [7, 11) is 0. The Morgan fingerprint density at radius 1 is 0.514 bits per heavy atom. The van der Waals surface area contributed by atoms with E-state index in [4.69, 9.17) is 0 Å². The number of nitrogens with one attached hydrogen (secondary N) is 1. The molecule has 70 heavy (non-hydrogen) atoms. The maximum Gasteiger partial charge on any atom is 0.0714 e. The van der Waals surface area contributed by atoms with Crippen LogP contribution in [0.2, 0.25) is 0 Å². The van der Waals surface area contributed by atoms with Gasteiger partial charge in [-0.3, -0.25) is 0 Å². The quantitative estimate of drug-likeness (QED) is 0.155. The van der Waals surface area contributed by atoms with E-state index in [1.54, 1.807) is 5.56 Å². The second-order valence-electron chi connectivity index (χ2n) is 19.5. The molecule has 0 bridgehead atoms. The van der Waals surface area contributed by atoms with Crippen molar-refractivity contribution in [1.82, 2.24) is 0 Å². The van der Waals surface area contributed by atoms with Gasteiger partial charge in [0, 0.05) is 33.9 Å². The zero-order valence-corrected chi connectivity index (χ0v) is 39.5. The Bertz CT molecular complexity index is 3530. The van der Waals surface area contributed by atoms with Gasteiger partial charge in [-0.15, -0.1) is 0 Å². The average molecular weight is 899 g/mol. The average Bonchev–Trinajstić information content (AvgIpc) is 3.73. The highest BCUT2D eigenvalue weighted by atomic mass is 15.1. The summed E-state index contributed by atoms with van der Waals surface area (Å²) in [6, 6.07) is 72.0. The van der Waals surface area contributed by atoms with Crippen molar-refractivity contribution in [2.24, 2.45) is 5.92 Å². The van der Waals surface area contributed by atoms with E-state index in [1.165, 1.54) is 83.2 Å². The van der Waals surface area contributed by atoms with Crippen LogP contribution in [0.3, 0.4) is 0 Å². The summed E-state index contributed by atoms with van der Waals surface area (Å²) in [6.07, 6.45) is 23.2. The Labute approximate surface area is 412 Å². The molecule has 0 fully saturated rings. The second kappa shape index (κ2) is 17.4. The first-order chi connectivity index (χ1) is 34.6. The maximum absolute atomic E-state index is 4.02. The van der Waals surface area contributed by atoms with Crippen LogP contribution in [-0.2, 0) is 18.3 Å². The van der Waals surface area contributed by atoms with Crippen LogP contribution in [0.4, 0.5) is 28.4 Å². The Hall–Kier alpha value is -8.20. The standard InChI is InChI=1S/C68H54N2/c1-46-19-8-10-26-55(46)66-61-31-14-12-28-57(61)58-29-13-15-32-62(58)67(66)69-52-39-35-47(36-40-52)48-37-41-53(42-38-48)70(65-34-18-21-49-20-9-11-27-56(49)65)54-43-44-60-59-30-16-17-33-63(59)68(64(60)45-54,50-22-4-2-5-23-50)51-24-6-3-7-25-51/h2-11,14-27,30-46,55,69H,12-13,28-29H2,1H3. The number of nitrogens with zero attached hydrogens (tertiary/aromatic N) is 1. The first kappa shape index (κ1) is 41.9. The molecule has 1 N–H and O–H groups in total. The molecule has 9 aromatic carbocycles. The van der Waals surface area contributed by atoms with E-state index in [9.17, 15) is 0 Å². The lowest BCUT2D eigenvalue weighted by Crippen LogP contribution is -2.28. The lowest BCUT2D eigenvalue weighted by atomic mass is 9.67. The normalized spacial score (nSPS) is 16.9. The molecule has 0 heterocycles. The van der Waals surface area contributed by atoms with Crippen molar-refractivity contribution in [2.75, 3.05) is 10.2 Å². The summed E-state index contributed by atoms with van der Waals surface area (Å²) >= 11 is 0. The Morgan fingerprint density at radius 2 is 1.11 bits per heavy atom. The third-order valence-corrected chi connectivity index (χ3v) is 15.6. The van der Waals surface area contributed by atoms with Gasteiger partial charge < -0.3 is 10.2 Å². The third-order valence-electron chi connectivity index (χ3n) is 15.6. The molecule has 2 atom stereocenters. The lowest BCUT2D eigenvalue weighted by molar-refractivity contribution is 0.634. The van der Waals surface area contributed by atoms with Crippen LogP contribution < -0.4 is 10.2 Å². The zero-order valence-electron chi connectivity index (χ0n) is 39.5. The maximum atomic E-state index is 4.02. The molecule has 0 saturated carbocycles. The van der Waals surface area contributed by atoms with E-state index >= 15 is 0 Å². The first-order valence-electron chi connectivity index (χ1n) is 25.2. The van der Waals surface area contributed by atoms with Crippen molar-refractivity contribution in [3.05, 3.63) is 281 Å². The molecule has 4 aliphatic carbocycles. The van der Waals surface area contributed by atoms with Crippen LogP contribution in [-0.4, -0.2) is 0 Å². The fourth-order valence-electron chi connectivity index (χ4n) is 12.4. The molecule has 2 unspecified atom stereocenters. The van der Waals surface area contributed by atoms with Gasteiger partial charge in [0.15, 0.2) is 0 Å². The van der Waals surface area contributed by atoms with Gasteiger partial charge in [-0.05, 0) is 146 Å². The topological polar surface area (TPSA) is 15.3 Å². The molecule has 0 spiro atoms. The molecule has 0 aromatic heterocycles. The minimum atomic E-state index is -0.503. The fraction of sp³-hybridized carbons (Fsp3) is 0.118. The van der Waals surface area contributed by atoms with Crippen LogP contribution in [0.1, 0.15) is 75.8 Å². The number of hydrogen-bond acceptors (Lipinski definition) is 2. The number of hydrogen-bond donors (Lipinski definition) is 1. The molecule has 336 valence electrons. The van der Waals surface area contributed by atoms with E-state index in [0.717, 1.165) is 48.4 Å². The van der Waals surface area contributed by atoms with Crippen molar-refractivity contribution in [1.29, 1.82) is 0 Å². The van der Waals surface area contributed by atoms with Crippen LogP contribution in [0.15, 0.2) is 231 Å². The van der Waals surface area contributed by atoms with Crippen molar-refractivity contribution in [3.63, 3.8) is 0 Å². The van der Waals surface area contributed by atoms with Gasteiger partial charge in [-0.1, -0.05) is 207 Å². The molecule has 2 heteroatoms. The number of rotatable bonds is 9. The molecular weight excluding hydrogens is 845 g/mol. The molecule has 13 rings (SSSR count). The Morgan fingerprint density at radius 3 is 1.86 bits per heavy atom. The van der Waals surface area contributed by atoms with E-state index in [2.05, 4.69) is 260 Å². The summed E-state index contributed by atoms with van der Waals surface area (Å²) < 4.78 is 0. The van der Waals surface area contributed by atoms with Gasteiger partial charge >= 0.3 is 0 Å². The van der Waals surface area contributed by atoms with Gasteiger partial charge in [0.2, 0.25) is 0 Å². The van der Waals surface area contributed by atoms with Crippen LogP contribution in [0.5, 0.6) is 0 Å². The summed E-state index contributed by atoms with van der Waals surface area (Å²) in [4.78, 5) is 2.46. The summed E-state index contributed by atoms with van der Waals surface area (Å²) in [5.41, 5.74) is 22.6. The molecule has 0 amide bonds. The minimum absolute atomic E-state index is 0.305. The lowest BCUT2D eigenvalue weighted by Gasteiger charge is -2.35. The largest absolute Gasteiger partial charge is 0.355 e. The molecule has 0 saturated heterocycles. The third kappa shape index (κ3) is 6.84. The van der Waals surface area contributed by atoms with Crippen LogP contribution in [0, 0.1) is 5.92 Å². The van der Waals surface area contributed by atoms with Crippen LogP contribution >= 0.6 is 0 Å². The van der Waals surface area contributed by atoms with Crippen molar-refractivity contribution < 1.29 is 0 Å². The highest BCUT2D eigenvalue weighted by Crippen LogP contribution is 2.57. The fourth-order valence-corrected chi connectivity index (χ4v) is 12.4. The van der Waals surface area contributed by atoms with E-state index in [-0.39, 0.29) is 0 Å². The van der Waals surface area contributed by atoms with Crippen LogP contribution in [0.25, 0.3) is 45.2 Å². The van der Waals surface area contributed by atoms with Crippen molar-refractivity contribution in [3.8, 4) is 22.3 Å². The Kier molecular flexibility index (Phi) is 10.4. The predicted molar refractivity (Wildman–Crippen MR) is 296 cm³/mol. The van der Waals surface area contributed by atoms with Gasteiger partial charge in [0.25, 0.3) is 0 Å². The highest BCUT2D eigenvalue weighted by molar-refractivity contribution is 6.00. The summed E-state index contributed by atoms with van der Waals surface area (Å²) in [6.45, 7) is 2.36. The van der Waals surface area contributed by atoms with E-state index in [0.29, 0.717) is 11.8 Å². The van der Waals surface area contributed by atoms with Crippen molar-refractivity contribution in [2.45, 2.75) is 43.9 Å². The van der Waals surface area contributed by atoms with Crippen molar-refractivity contribution >= 4 is 51.4 Å². The smallest absolute Gasteiger partial charge is 0.0714 e. The predicted octanol–water partition coefficient (Wildman–Crippen LogP) is 17.8. The molecule has 9 aromatic rings. The van der Waals surface area contributed by atoms with Gasteiger partial charge in [0.05, 0.1) is 16.8 Å². The number of fused-ring (bicyclic) bond motifs is 7. The van der Waals surface area contributed by atoms with E-state index < -0.39 is 5.41 Å². The van der Waals surface area contributed by atoms with Gasteiger partial charge in [-0.2, -0.15) is 0 Å². The SMILES string of the molecule is CC1C=CC=CC1c1c2c(c3c(c1Nc1ccc(-c4ccc(N(c5ccc6c(c5)C(c5ccccc5)(c5ccccc5)c5ccccc5-6)c5cccc6ccccc56)cc4)cc1)C=CCC3)CCC=C2. The summed E-state index contributed by atoms with van der Waals surface area (Å²) in [5.74, 6) is 0.716. The molecular formula is C68H54N2.